The van der Waals surface area contributed by atoms with Gasteiger partial charge in [-0.3, -0.25) is 0 Å². The van der Waals surface area contributed by atoms with Gasteiger partial charge in [-0.15, -0.1) is 0 Å². The van der Waals surface area contributed by atoms with Gasteiger partial charge in [-0.05, 0) is 34.7 Å². The molecule has 6 heteroatoms. The van der Waals surface area contributed by atoms with Crippen molar-refractivity contribution in [3.63, 3.8) is 0 Å². The van der Waals surface area contributed by atoms with Gasteiger partial charge in [-0.25, -0.2) is 4.98 Å². The molecule has 0 aliphatic carbocycles. The Morgan fingerprint density at radius 3 is 2.47 bits per heavy atom. The van der Waals surface area contributed by atoms with Crippen molar-refractivity contribution in [2.45, 2.75) is 0 Å². The number of hydrogen-bond acceptors (Lipinski definition) is 2. The SMILES string of the molecule is Clc1ccnc(Oc2cc(Cl)c(Cl)cc2I)c1. The molecule has 2 rings (SSSR count). The predicted octanol–water partition coefficient (Wildman–Crippen LogP) is 5.44. The molecule has 0 aliphatic heterocycles. The highest BCUT2D eigenvalue weighted by Crippen LogP contribution is 2.33. The van der Waals surface area contributed by atoms with Crippen LogP contribution < -0.4 is 4.74 Å². The molecule has 17 heavy (non-hydrogen) atoms. The summed E-state index contributed by atoms with van der Waals surface area (Å²) in [6.07, 6.45) is 1.57. The first-order valence-corrected chi connectivity index (χ1v) is 6.71. The lowest BCUT2D eigenvalue weighted by Gasteiger charge is -2.08. The largest absolute Gasteiger partial charge is 0.438 e. The third-order valence-corrected chi connectivity index (χ3v) is 3.69. The number of aromatic nitrogens is 1. The summed E-state index contributed by atoms with van der Waals surface area (Å²) in [4.78, 5) is 4.04. The fraction of sp³-hybridized carbons (Fsp3) is 0. The van der Waals surface area contributed by atoms with E-state index in [9.17, 15) is 0 Å². The second kappa shape index (κ2) is 5.61. The molecule has 88 valence electrons. The van der Waals surface area contributed by atoms with Gasteiger partial charge in [0.25, 0.3) is 0 Å². The van der Waals surface area contributed by atoms with Crippen molar-refractivity contribution >= 4 is 57.4 Å². The Labute approximate surface area is 127 Å². The Hall–Kier alpha value is -0.230. The minimum Gasteiger partial charge on any atom is -0.438 e. The smallest absolute Gasteiger partial charge is 0.220 e. The van der Waals surface area contributed by atoms with Crippen molar-refractivity contribution in [3.8, 4) is 11.6 Å². The zero-order valence-electron chi connectivity index (χ0n) is 8.25. The molecule has 0 unspecified atom stereocenters. The van der Waals surface area contributed by atoms with Crippen LogP contribution in [-0.4, -0.2) is 4.98 Å². The van der Waals surface area contributed by atoms with Crippen LogP contribution in [0.3, 0.4) is 0 Å². The van der Waals surface area contributed by atoms with Gasteiger partial charge in [0, 0.05) is 23.4 Å². The Morgan fingerprint density at radius 2 is 1.76 bits per heavy atom. The summed E-state index contributed by atoms with van der Waals surface area (Å²) in [6.45, 7) is 0. The first-order chi connectivity index (χ1) is 8.06. The van der Waals surface area contributed by atoms with Gasteiger partial charge in [-0.2, -0.15) is 0 Å². The zero-order valence-corrected chi connectivity index (χ0v) is 12.7. The number of hydrogen-bond donors (Lipinski definition) is 0. The van der Waals surface area contributed by atoms with E-state index < -0.39 is 0 Å². The van der Waals surface area contributed by atoms with Crippen LogP contribution in [0, 0.1) is 3.57 Å². The summed E-state index contributed by atoms with van der Waals surface area (Å²) in [5.41, 5.74) is 0. The predicted molar refractivity (Wildman–Crippen MR) is 78.5 cm³/mol. The highest BCUT2D eigenvalue weighted by Gasteiger charge is 2.08. The maximum absolute atomic E-state index is 5.92. The molecule has 0 amide bonds. The van der Waals surface area contributed by atoms with E-state index in [-0.39, 0.29) is 0 Å². The molecule has 0 N–H and O–H groups in total. The fourth-order valence-electron chi connectivity index (χ4n) is 1.14. The molecule has 0 saturated heterocycles. The van der Waals surface area contributed by atoms with Crippen LogP contribution in [0.25, 0.3) is 0 Å². The second-order valence-corrected chi connectivity index (χ2v) is 5.52. The molecule has 0 radical (unpaired) electrons. The van der Waals surface area contributed by atoms with Gasteiger partial charge in [0.1, 0.15) is 5.75 Å². The molecule has 0 atom stereocenters. The Morgan fingerprint density at radius 1 is 1.06 bits per heavy atom. The maximum atomic E-state index is 5.92. The van der Waals surface area contributed by atoms with Crippen LogP contribution in [0.1, 0.15) is 0 Å². The molecule has 0 aliphatic rings. The highest BCUT2D eigenvalue weighted by atomic mass is 127. The minimum atomic E-state index is 0.411. The van der Waals surface area contributed by atoms with Crippen LogP contribution in [0.2, 0.25) is 15.1 Å². The lowest BCUT2D eigenvalue weighted by Crippen LogP contribution is -1.90. The summed E-state index contributed by atoms with van der Waals surface area (Å²) in [5, 5.41) is 1.48. The number of rotatable bonds is 2. The first-order valence-electron chi connectivity index (χ1n) is 4.50. The van der Waals surface area contributed by atoms with E-state index in [4.69, 9.17) is 39.5 Å². The van der Waals surface area contributed by atoms with Gasteiger partial charge in [0.15, 0.2) is 0 Å². The molecule has 0 spiro atoms. The maximum Gasteiger partial charge on any atom is 0.220 e. The van der Waals surface area contributed by atoms with Crippen molar-refractivity contribution in [3.05, 3.63) is 49.1 Å². The normalized spacial score (nSPS) is 10.4. The highest BCUT2D eigenvalue weighted by molar-refractivity contribution is 14.1. The molecule has 0 saturated carbocycles. The van der Waals surface area contributed by atoms with E-state index in [1.54, 1.807) is 30.5 Å². The van der Waals surface area contributed by atoms with Gasteiger partial charge < -0.3 is 4.74 Å². The molecule has 2 aromatic rings. The van der Waals surface area contributed by atoms with Gasteiger partial charge in [0.2, 0.25) is 5.88 Å². The summed E-state index contributed by atoms with van der Waals surface area (Å²) in [5.74, 6) is 1.00. The molecular weight excluding hydrogens is 395 g/mol. The Balaban J connectivity index is 2.33. The van der Waals surface area contributed by atoms with Crippen molar-refractivity contribution in [2.75, 3.05) is 0 Å². The minimum absolute atomic E-state index is 0.411. The number of benzene rings is 1. The van der Waals surface area contributed by atoms with Crippen LogP contribution in [0.4, 0.5) is 0 Å². The molecule has 1 aromatic heterocycles. The third-order valence-electron chi connectivity index (χ3n) is 1.89. The summed E-state index contributed by atoms with van der Waals surface area (Å²) >= 11 is 19.8. The van der Waals surface area contributed by atoms with E-state index in [2.05, 4.69) is 27.6 Å². The summed E-state index contributed by atoms with van der Waals surface area (Å²) < 4.78 is 6.43. The quantitative estimate of drug-likeness (QED) is 0.495. The van der Waals surface area contributed by atoms with Crippen LogP contribution in [0.5, 0.6) is 11.6 Å². The van der Waals surface area contributed by atoms with Crippen molar-refractivity contribution in [1.82, 2.24) is 4.98 Å². The lowest BCUT2D eigenvalue weighted by atomic mass is 10.3. The van der Waals surface area contributed by atoms with E-state index in [0.29, 0.717) is 26.7 Å². The topological polar surface area (TPSA) is 22.1 Å². The molecular formula is C11H5Cl3INO. The second-order valence-electron chi connectivity index (χ2n) is 3.11. The molecule has 0 fully saturated rings. The van der Waals surface area contributed by atoms with E-state index in [0.717, 1.165) is 3.57 Å². The number of ether oxygens (including phenoxy) is 1. The monoisotopic (exact) mass is 399 g/mol. The molecule has 0 bridgehead atoms. The van der Waals surface area contributed by atoms with Crippen molar-refractivity contribution < 1.29 is 4.74 Å². The number of nitrogens with zero attached hydrogens (tertiary/aromatic N) is 1. The Bertz CT molecular complexity index is 562. The van der Waals surface area contributed by atoms with E-state index >= 15 is 0 Å². The number of pyridine rings is 1. The van der Waals surface area contributed by atoms with Gasteiger partial charge in [0.05, 0.1) is 13.6 Å². The molecule has 1 heterocycles. The van der Waals surface area contributed by atoms with Crippen LogP contribution in [0.15, 0.2) is 30.5 Å². The van der Waals surface area contributed by atoms with Gasteiger partial charge >= 0.3 is 0 Å². The molecule has 2 nitrogen and oxygen atoms in total. The zero-order chi connectivity index (χ0) is 12.4. The standard InChI is InChI=1S/C11H5Cl3INO/c12-6-1-2-16-11(3-6)17-10-5-8(14)7(13)4-9(10)15/h1-5H. The first kappa shape index (κ1) is 13.2. The number of halogens is 4. The summed E-state index contributed by atoms with van der Waals surface area (Å²) in [7, 11) is 0. The van der Waals surface area contributed by atoms with Crippen LogP contribution in [-0.2, 0) is 0 Å². The van der Waals surface area contributed by atoms with E-state index in [1.807, 2.05) is 0 Å². The summed E-state index contributed by atoms with van der Waals surface area (Å²) in [6, 6.07) is 6.67. The van der Waals surface area contributed by atoms with E-state index in [1.165, 1.54) is 0 Å². The van der Waals surface area contributed by atoms with Gasteiger partial charge in [-0.1, -0.05) is 34.8 Å². The third kappa shape index (κ3) is 3.37. The van der Waals surface area contributed by atoms with Crippen LogP contribution >= 0.6 is 57.4 Å². The van der Waals surface area contributed by atoms with Crippen molar-refractivity contribution in [2.24, 2.45) is 0 Å². The molecule has 1 aromatic carbocycles. The fourth-order valence-corrected chi connectivity index (χ4v) is 2.36. The average Bonchev–Trinajstić information content (AvgIpc) is 2.26. The lowest BCUT2D eigenvalue weighted by molar-refractivity contribution is 0.460. The Kier molecular flexibility index (Phi) is 4.36. The van der Waals surface area contributed by atoms with Crippen molar-refractivity contribution in [1.29, 1.82) is 0 Å². The average molecular weight is 400 g/mol.